The summed E-state index contributed by atoms with van der Waals surface area (Å²) in [4.78, 5) is 22.2. The lowest BCUT2D eigenvalue weighted by Crippen LogP contribution is -2.61. The van der Waals surface area contributed by atoms with E-state index < -0.39 is 28.7 Å². The average Bonchev–Trinajstić information content (AvgIpc) is 2.60. The van der Waals surface area contributed by atoms with Gasteiger partial charge in [0.1, 0.15) is 0 Å². The van der Waals surface area contributed by atoms with Crippen LogP contribution in [-0.4, -0.2) is 68.7 Å². The lowest BCUT2D eigenvalue weighted by atomic mass is 9.73. The molecule has 0 spiro atoms. The third-order valence-corrected chi connectivity index (χ3v) is 4.89. The molecule has 0 aromatic carbocycles. The van der Waals surface area contributed by atoms with Gasteiger partial charge in [0.05, 0.1) is 24.3 Å². The van der Waals surface area contributed by atoms with Gasteiger partial charge in [-0.3, -0.25) is 14.9 Å². The fourth-order valence-electron chi connectivity index (χ4n) is 3.79. The minimum atomic E-state index is -1.24. The lowest BCUT2D eigenvalue weighted by Gasteiger charge is -2.44. The number of allylic oxidation sites excluding steroid dienone is 4. The number of carbonyl (C=O) groups is 2. The number of carboxylic acids is 2. The van der Waals surface area contributed by atoms with E-state index >= 15 is 0 Å². The molecule has 0 aliphatic heterocycles. The van der Waals surface area contributed by atoms with Crippen molar-refractivity contribution in [3.63, 3.8) is 0 Å². The molecule has 2 aliphatic rings. The zero-order chi connectivity index (χ0) is 20.7. The molecular formula is C20H28N2O6. The highest BCUT2D eigenvalue weighted by atomic mass is 16.4. The number of aliphatic carboxylic acids is 2. The molecular weight excluding hydrogens is 364 g/mol. The molecule has 2 rings (SSSR count). The highest BCUT2D eigenvalue weighted by molar-refractivity contribution is 5.69. The quantitative estimate of drug-likeness (QED) is 0.296. The number of rotatable bonds is 11. The first-order valence-corrected chi connectivity index (χ1v) is 9.19. The van der Waals surface area contributed by atoms with Gasteiger partial charge < -0.3 is 25.7 Å². The Labute approximate surface area is 164 Å². The minimum Gasteiger partial charge on any atom is -0.480 e. The van der Waals surface area contributed by atoms with Crippen molar-refractivity contribution in [3.05, 3.63) is 48.6 Å². The van der Waals surface area contributed by atoms with Crippen LogP contribution in [0.3, 0.4) is 0 Å². The number of aliphatic hydroxyl groups is 2. The molecule has 28 heavy (non-hydrogen) atoms. The maximum absolute atomic E-state index is 11.2. The maximum atomic E-state index is 11.2. The summed E-state index contributed by atoms with van der Waals surface area (Å²) in [5, 5.41) is 45.9. The molecule has 2 aliphatic carbocycles. The molecule has 0 aromatic heterocycles. The normalized spacial score (nSPS) is 28.2. The Morgan fingerprint density at radius 1 is 0.857 bits per heavy atom. The third-order valence-electron chi connectivity index (χ3n) is 4.89. The fraction of sp³-hybridized carbons (Fsp3) is 0.500. The van der Waals surface area contributed by atoms with Gasteiger partial charge in [0, 0.05) is 12.1 Å². The first-order valence-electron chi connectivity index (χ1n) is 9.19. The summed E-state index contributed by atoms with van der Waals surface area (Å²) in [6.07, 6.45) is 14.8. The maximum Gasteiger partial charge on any atom is 0.317 e. The fourth-order valence-corrected chi connectivity index (χ4v) is 3.79. The number of nitrogens with one attached hydrogen (secondary N) is 2. The molecule has 0 heterocycles. The lowest BCUT2D eigenvalue weighted by molar-refractivity contribution is -0.138. The summed E-state index contributed by atoms with van der Waals surface area (Å²) < 4.78 is 0. The van der Waals surface area contributed by atoms with E-state index in [4.69, 9.17) is 5.11 Å². The van der Waals surface area contributed by atoms with Crippen molar-refractivity contribution in [1.29, 1.82) is 0 Å². The molecule has 2 atom stereocenters. The Morgan fingerprint density at radius 2 is 1.36 bits per heavy atom. The first-order chi connectivity index (χ1) is 13.2. The highest BCUT2D eigenvalue weighted by Crippen LogP contribution is 2.35. The van der Waals surface area contributed by atoms with Crippen LogP contribution in [0, 0.1) is 0 Å². The van der Waals surface area contributed by atoms with Crippen LogP contribution in [0.5, 0.6) is 0 Å². The van der Waals surface area contributed by atoms with Crippen LogP contribution in [0.15, 0.2) is 48.6 Å². The van der Waals surface area contributed by atoms with Gasteiger partial charge in [-0.25, -0.2) is 0 Å². The molecule has 0 bridgehead atoms. The Morgan fingerprint density at radius 3 is 1.75 bits per heavy atom. The molecule has 0 saturated carbocycles. The second-order valence-corrected chi connectivity index (χ2v) is 7.57. The number of hydrogen-bond donors (Lipinski definition) is 6. The van der Waals surface area contributed by atoms with Crippen LogP contribution in [0.25, 0.3) is 0 Å². The van der Waals surface area contributed by atoms with E-state index in [0.717, 1.165) is 0 Å². The molecule has 2 unspecified atom stereocenters. The Hall–Kier alpha value is -2.26. The van der Waals surface area contributed by atoms with Crippen molar-refractivity contribution in [2.45, 2.75) is 42.4 Å². The van der Waals surface area contributed by atoms with Gasteiger partial charge >= 0.3 is 11.9 Å². The predicted molar refractivity (Wildman–Crippen MR) is 104 cm³/mol. The van der Waals surface area contributed by atoms with Crippen molar-refractivity contribution in [2.24, 2.45) is 0 Å². The Kier molecular flexibility index (Phi) is 7.31. The van der Waals surface area contributed by atoms with E-state index in [-0.39, 0.29) is 32.5 Å². The number of hydrogen-bond acceptors (Lipinski definition) is 6. The van der Waals surface area contributed by atoms with Crippen LogP contribution in [0.1, 0.15) is 25.7 Å². The van der Waals surface area contributed by atoms with Crippen molar-refractivity contribution < 1.29 is 30.0 Å². The van der Waals surface area contributed by atoms with Crippen LogP contribution in [-0.2, 0) is 9.59 Å². The van der Waals surface area contributed by atoms with Gasteiger partial charge in [0.15, 0.2) is 0 Å². The third kappa shape index (κ3) is 6.72. The van der Waals surface area contributed by atoms with E-state index in [0.29, 0.717) is 12.8 Å². The molecule has 6 N–H and O–H groups in total. The Bertz CT molecular complexity index is 661. The van der Waals surface area contributed by atoms with Crippen LogP contribution < -0.4 is 10.6 Å². The van der Waals surface area contributed by atoms with Crippen LogP contribution in [0.2, 0.25) is 0 Å². The van der Waals surface area contributed by atoms with Crippen LogP contribution >= 0.6 is 0 Å². The average molecular weight is 392 g/mol. The van der Waals surface area contributed by atoms with Crippen molar-refractivity contribution in [2.75, 3.05) is 19.6 Å². The van der Waals surface area contributed by atoms with E-state index in [9.17, 15) is 24.9 Å². The second-order valence-electron chi connectivity index (χ2n) is 7.57. The Balaban J connectivity index is 2.31. The second kappa shape index (κ2) is 9.29. The molecule has 0 fully saturated rings. The summed E-state index contributed by atoms with van der Waals surface area (Å²) in [6, 6.07) is 0. The minimum absolute atomic E-state index is 0.0618. The monoisotopic (exact) mass is 392 g/mol. The van der Waals surface area contributed by atoms with E-state index in [1.165, 1.54) is 0 Å². The van der Waals surface area contributed by atoms with Gasteiger partial charge in [-0.1, -0.05) is 48.6 Å². The molecule has 0 amide bonds. The zero-order valence-corrected chi connectivity index (χ0v) is 15.7. The summed E-state index contributed by atoms with van der Waals surface area (Å²) >= 11 is 0. The SMILES string of the molecule is O=C(O)CNCC(CC1(O)C=CC=CC1)(CC1(O)C=CC=CC1)NCC(=O)O. The first kappa shape index (κ1) is 22.0. The molecule has 0 saturated heterocycles. The van der Waals surface area contributed by atoms with Crippen molar-refractivity contribution >= 4 is 11.9 Å². The predicted octanol–water partition coefficient (Wildman–Crippen LogP) is 0.348. The van der Waals surface area contributed by atoms with E-state index in [2.05, 4.69) is 10.6 Å². The summed E-state index contributed by atoms with van der Waals surface area (Å²) in [5.41, 5.74) is -3.55. The van der Waals surface area contributed by atoms with Gasteiger partial charge in [0.25, 0.3) is 0 Å². The summed E-state index contributed by atoms with van der Waals surface area (Å²) in [7, 11) is 0. The molecule has 0 radical (unpaired) electrons. The van der Waals surface area contributed by atoms with Crippen molar-refractivity contribution in [3.8, 4) is 0 Å². The van der Waals surface area contributed by atoms with E-state index in [1.54, 1.807) is 24.3 Å². The van der Waals surface area contributed by atoms with Gasteiger partial charge in [-0.05, 0) is 25.7 Å². The smallest absolute Gasteiger partial charge is 0.317 e. The molecule has 0 aromatic rings. The van der Waals surface area contributed by atoms with Gasteiger partial charge in [0.2, 0.25) is 0 Å². The summed E-state index contributed by atoms with van der Waals surface area (Å²) in [5.74, 6) is -2.13. The number of carboxylic acid groups (broad SMARTS) is 2. The summed E-state index contributed by atoms with van der Waals surface area (Å²) in [6.45, 7) is -0.648. The van der Waals surface area contributed by atoms with Crippen LogP contribution in [0.4, 0.5) is 0 Å². The standard InChI is InChI=1S/C20H28N2O6/c23-16(24)11-21-15-18(22-12-17(25)26,13-19(27)7-3-1-4-8-19)14-20(28)9-5-2-6-10-20/h1-7,9,21-22,27-28H,8,10-15H2,(H,23,24)(H,25,26). The topological polar surface area (TPSA) is 139 Å². The zero-order valence-electron chi connectivity index (χ0n) is 15.7. The molecule has 154 valence electrons. The largest absolute Gasteiger partial charge is 0.480 e. The van der Waals surface area contributed by atoms with E-state index in [1.807, 2.05) is 24.3 Å². The van der Waals surface area contributed by atoms with Crippen molar-refractivity contribution in [1.82, 2.24) is 10.6 Å². The molecule has 8 heteroatoms. The highest BCUT2D eigenvalue weighted by Gasteiger charge is 2.44. The van der Waals surface area contributed by atoms with Gasteiger partial charge in [-0.2, -0.15) is 0 Å². The molecule has 8 nitrogen and oxygen atoms in total. The van der Waals surface area contributed by atoms with Gasteiger partial charge in [-0.15, -0.1) is 0 Å².